The van der Waals surface area contributed by atoms with Crippen molar-refractivity contribution in [3.8, 4) is 11.6 Å². The first-order chi connectivity index (χ1) is 8.20. The molecule has 17 heavy (non-hydrogen) atoms. The van der Waals surface area contributed by atoms with Crippen molar-refractivity contribution in [2.75, 3.05) is 0 Å². The molecule has 0 radical (unpaired) electrons. The third-order valence-electron chi connectivity index (χ3n) is 2.15. The molecule has 1 heterocycles. The minimum absolute atomic E-state index is 0.00150. The Morgan fingerprint density at radius 3 is 2.71 bits per heavy atom. The molecule has 4 nitrogen and oxygen atoms in total. The first kappa shape index (κ1) is 12.1. The van der Waals surface area contributed by atoms with Crippen molar-refractivity contribution in [1.29, 1.82) is 0 Å². The topological polar surface area (TPSA) is 47.9 Å². The molecule has 1 aromatic heterocycles. The molecular formula is C11H9Cl2N3O. The van der Waals surface area contributed by atoms with Gasteiger partial charge >= 0.3 is 0 Å². The predicted molar refractivity (Wildman–Crippen MR) is 65.7 cm³/mol. The summed E-state index contributed by atoms with van der Waals surface area (Å²) < 4.78 is 5.58. The van der Waals surface area contributed by atoms with Gasteiger partial charge in [-0.05, 0) is 29.7 Å². The Morgan fingerprint density at radius 2 is 1.94 bits per heavy atom. The molecular weight excluding hydrogens is 261 g/mol. The Hall–Kier alpha value is -1.39. The van der Waals surface area contributed by atoms with Gasteiger partial charge in [0.25, 0.3) is 5.88 Å². The van der Waals surface area contributed by atoms with Crippen LogP contribution in [0.1, 0.15) is 12.5 Å². The number of benzene rings is 1. The molecule has 0 saturated carbocycles. The normalized spacial score (nSPS) is 10.3. The van der Waals surface area contributed by atoms with Crippen molar-refractivity contribution < 1.29 is 4.74 Å². The molecule has 88 valence electrons. The summed E-state index contributed by atoms with van der Waals surface area (Å²) in [5.74, 6) is 0.848. The number of aromatic nitrogens is 3. The number of ether oxygens (including phenoxy) is 1. The smallest absolute Gasteiger partial charge is 0.262 e. The minimum atomic E-state index is -0.00150. The van der Waals surface area contributed by atoms with Crippen LogP contribution in [-0.2, 0) is 6.42 Å². The lowest BCUT2D eigenvalue weighted by Crippen LogP contribution is -1.96. The monoisotopic (exact) mass is 269 g/mol. The van der Waals surface area contributed by atoms with Gasteiger partial charge in [0.15, 0.2) is 0 Å². The maximum absolute atomic E-state index is 5.82. The average molecular weight is 270 g/mol. The van der Waals surface area contributed by atoms with Gasteiger partial charge in [0.05, 0.1) is 0 Å². The van der Waals surface area contributed by atoms with Crippen LogP contribution in [0.25, 0.3) is 0 Å². The van der Waals surface area contributed by atoms with E-state index in [1.165, 1.54) is 0 Å². The van der Waals surface area contributed by atoms with Crippen LogP contribution in [0.5, 0.6) is 11.6 Å². The summed E-state index contributed by atoms with van der Waals surface area (Å²) in [7, 11) is 0. The van der Waals surface area contributed by atoms with Gasteiger partial charge in [-0.15, -0.1) is 10.2 Å². The molecule has 0 unspecified atom stereocenters. The molecule has 0 aliphatic carbocycles. The summed E-state index contributed by atoms with van der Waals surface area (Å²) in [6, 6.07) is 7.63. The van der Waals surface area contributed by atoms with E-state index in [2.05, 4.69) is 15.2 Å². The van der Waals surface area contributed by atoms with Crippen molar-refractivity contribution in [2.24, 2.45) is 0 Å². The van der Waals surface area contributed by atoms with Gasteiger partial charge in [-0.25, -0.2) is 0 Å². The molecule has 0 aliphatic rings. The highest BCUT2D eigenvalue weighted by Gasteiger charge is 2.10. The number of aryl methyl sites for hydroxylation is 1. The molecule has 0 atom stereocenters. The Kier molecular flexibility index (Phi) is 3.76. The van der Waals surface area contributed by atoms with Gasteiger partial charge in [-0.2, -0.15) is 4.98 Å². The predicted octanol–water partition coefficient (Wildman–Crippen LogP) is 3.53. The number of halogens is 2. The summed E-state index contributed by atoms with van der Waals surface area (Å²) in [6.07, 6.45) is 0.847. The molecule has 0 N–H and O–H groups in total. The van der Waals surface area contributed by atoms with Crippen LogP contribution < -0.4 is 4.74 Å². The Balaban J connectivity index is 2.34. The lowest BCUT2D eigenvalue weighted by Gasteiger charge is -2.09. The van der Waals surface area contributed by atoms with Gasteiger partial charge in [0.1, 0.15) is 5.75 Å². The second kappa shape index (κ2) is 5.29. The molecule has 0 spiro atoms. The second-order valence-corrected chi connectivity index (χ2v) is 3.94. The van der Waals surface area contributed by atoms with E-state index in [4.69, 9.17) is 27.9 Å². The molecule has 0 amide bonds. The zero-order chi connectivity index (χ0) is 12.3. The third kappa shape index (κ3) is 2.84. The van der Waals surface area contributed by atoms with Gasteiger partial charge in [-0.3, -0.25) is 0 Å². The summed E-state index contributed by atoms with van der Waals surface area (Å²) in [5.41, 5.74) is 1.05. The maximum atomic E-state index is 5.82. The minimum Gasteiger partial charge on any atom is -0.436 e. The van der Waals surface area contributed by atoms with Gasteiger partial charge in [0.2, 0.25) is 10.4 Å². The van der Waals surface area contributed by atoms with Crippen molar-refractivity contribution in [2.45, 2.75) is 13.3 Å². The number of nitrogens with zero attached hydrogens (tertiary/aromatic N) is 3. The molecule has 2 aromatic rings. The largest absolute Gasteiger partial charge is 0.436 e. The highest BCUT2D eigenvalue weighted by molar-refractivity contribution is 6.31. The summed E-state index contributed by atoms with van der Waals surface area (Å²) in [6.45, 7) is 2.04. The van der Waals surface area contributed by atoms with Crippen LogP contribution in [0.15, 0.2) is 24.3 Å². The van der Waals surface area contributed by atoms with Gasteiger partial charge in [-0.1, -0.05) is 36.7 Å². The number of para-hydroxylation sites is 1. The highest BCUT2D eigenvalue weighted by atomic mass is 35.5. The zero-order valence-electron chi connectivity index (χ0n) is 9.02. The first-order valence-electron chi connectivity index (χ1n) is 5.02. The molecule has 6 heteroatoms. The standard InChI is InChI=1S/C11H9Cl2N3O/c1-2-7-5-3-4-6-8(7)17-10-9(12)15-16-11(13)14-10/h3-6H,2H2,1H3. The zero-order valence-corrected chi connectivity index (χ0v) is 10.5. The quantitative estimate of drug-likeness (QED) is 0.855. The van der Waals surface area contributed by atoms with E-state index < -0.39 is 0 Å². The fourth-order valence-corrected chi connectivity index (χ4v) is 1.58. The molecule has 0 bridgehead atoms. The summed E-state index contributed by atoms with van der Waals surface area (Å²) in [5, 5.41) is 7.22. The van der Waals surface area contributed by atoms with Crippen molar-refractivity contribution in [3.63, 3.8) is 0 Å². The van der Waals surface area contributed by atoms with Gasteiger partial charge in [0, 0.05) is 0 Å². The van der Waals surface area contributed by atoms with Crippen molar-refractivity contribution in [1.82, 2.24) is 15.2 Å². The van der Waals surface area contributed by atoms with Crippen LogP contribution in [0.3, 0.4) is 0 Å². The molecule has 0 fully saturated rings. The van der Waals surface area contributed by atoms with Gasteiger partial charge < -0.3 is 4.74 Å². The number of hydrogen-bond donors (Lipinski definition) is 0. The molecule has 0 aliphatic heterocycles. The fraction of sp³-hybridized carbons (Fsp3) is 0.182. The van der Waals surface area contributed by atoms with E-state index in [1.807, 2.05) is 31.2 Å². The fourth-order valence-electron chi connectivity index (χ4n) is 1.34. The first-order valence-corrected chi connectivity index (χ1v) is 5.77. The molecule has 0 saturated heterocycles. The maximum Gasteiger partial charge on any atom is 0.262 e. The van der Waals surface area contributed by atoms with E-state index in [9.17, 15) is 0 Å². The van der Waals surface area contributed by atoms with Crippen molar-refractivity contribution in [3.05, 3.63) is 40.3 Å². The van der Waals surface area contributed by atoms with Crippen LogP contribution in [0, 0.1) is 0 Å². The van der Waals surface area contributed by atoms with E-state index in [1.54, 1.807) is 0 Å². The molecule has 1 aromatic carbocycles. The summed E-state index contributed by atoms with van der Waals surface area (Å²) >= 11 is 11.5. The average Bonchev–Trinajstić information content (AvgIpc) is 2.34. The van der Waals surface area contributed by atoms with Crippen molar-refractivity contribution >= 4 is 23.2 Å². The number of hydrogen-bond acceptors (Lipinski definition) is 4. The van der Waals surface area contributed by atoms with E-state index in [0.29, 0.717) is 5.75 Å². The molecule has 2 rings (SSSR count). The van der Waals surface area contributed by atoms with Crippen LogP contribution in [0.2, 0.25) is 10.4 Å². The second-order valence-electron chi connectivity index (χ2n) is 3.24. The van der Waals surface area contributed by atoms with Crippen LogP contribution >= 0.6 is 23.2 Å². The van der Waals surface area contributed by atoms with Crippen LogP contribution in [-0.4, -0.2) is 15.2 Å². The van der Waals surface area contributed by atoms with E-state index in [-0.39, 0.29) is 16.3 Å². The lowest BCUT2D eigenvalue weighted by molar-refractivity contribution is 0.452. The van der Waals surface area contributed by atoms with E-state index in [0.717, 1.165) is 12.0 Å². The van der Waals surface area contributed by atoms with E-state index >= 15 is 0 Å². The Bertz CT molecular complexity index is 534. The number of rotatable bonds is 3. The van der Waals surface area contributed by atoms with Crippen LogP contribution in [0.4, 0.5) is 0 Å². The SMILES string of the molecule is CCc1ccccc1Oc1nc(Cl)nnc1Cl. The Morgan fingerprint density at radius 1 is 1.18 bits per heavy atom. The summed E-state index contributed by atoms with van der Waals surface area (Å²) in [4.78, 5) is 3.88. The third-order valence-corrected chi connectivity index (χ3v) is 2.55. The highest BCUT2D eigenvalue weighted by Crippen LogP contribution is 2.28. The Labute approximate surface area is 109 Å². The lowest BCUT2D eigenvalue weighted by atomic mass is 10.1.